The lowest BCUT2D eigenvalue weighted by atomic mass is 9.70. The summed E-state index contributed by atoms with van der Waals surface area (Å²) in [4.78, 5) is 60.9. The molecule has 10 nitrogen and oxygen atoms in total. The van der Waals surface area contributed by atoms with E-state index in [2.05, 4.69) is 29.1 Å². The van der Waals surface area contributed by atoms with Crippen LogP contribution in [-0.4, -0.2) is 94.0 Å². The van der Waals surface area contributed by atoms with Gasteiger partial charge in [0, 0.05) is 37.1 Å². The Morgan fingerprint density at radius 1 is 1.08 bits per heavy atom. The number of benzene rings is 3. The van der Waals surface area contributed by atoms with Crippen molar-refractivity contribution in [3.63, 3.8) is 0 Å². The second-order valence-corrected chi connectivity index (χ2v) is 14.7. The summed E-state index contributed by atoms with van der Waals surface area (Å²) in [6.45, 7) is 9.09. The number of likely N-dealkylation sites (N-methyl/N-ethyl adjacent to an activating group) is 1. The van der Waals surface area contributed by atoms with Crippen molar-refractivity contribution in [2.45, 2.75) is 60.9 Å². The molecule has 1 N–H and O–H groups in total. The number of hydrogen-bond donors (Lipinski definition) is 1. The first-order valence-electron chi connectivity index (χ1n) is 17.3. The van der Waals surface area contributed by atoms with Crippen molar-refractivity contribution in [3.05, 3.63) is 104 Å². The van der Waals surface area contributed by atoms with Crippen LogP contribution in [0.25, 0.3) is 10.8 Å². The number of carbonyl (C=O) groups is 4. The summed E-state index contributed by atoms with van der Waals surface area (Å²) in [5, 5.41) is 12.1. The summed E-state index contributed by atoms with van der Waals surface area (Å²) in [5.74, 6) is -3.66. The average Bonchev–Trinajstić information content (AvgIpc) is 3.74. The quantitative estimate of drug-likeness (QED) is 0.137. The molecule has 0 radical (unpaired) electrons. The first-order chi connectivity index (χ1) is 24.6. The Hall–Kier alpha value is -4.32. The van der Waals surface area contributed by atoms with Crippen molar-refractivity contribution in [3.8, 4) is 0 Å². The van der Waals surface area contributed by atoms with E-state index in [1.807, 2.05) is 79.7 Å². The minimum Gasteiger partial charge on any atom is -0.455 e. The van der Waals surface area contributed by atoms with Crippen molar-refractivity contribution in [1.29, 1.82) is 0 Å². The third-order valence-corrected chi connectivity index (χ3v) is 11.5. The number of hydrogen-bond acceptors (Lipinski definition) is 7. The zero-order chi connectivity index (χ0) is 36.4. The van der Waals surface area contributed by atoms with Gasteiger partial charge in [-0.05, 0) is 48.2 Å². The van der Waals surface area contributed by atoms with Crippen LogP contribution >= 0.6 is 15.9 Å². The summed E-state index contributed by atoms with van der Waals surface area (Å²) in [6, 6.07) is 21.1. The van der Waals surface area contributed by atoms with E-state index in [4.69, 9.17) is 9.47 Å². The van der Waals surface area contributed by atoms with Gasteiger partial charge in [-0.15, -0.1) is 13.2 Å². The zero-order valence-electron chi connectivity index (χ0n) is 28.9. The van der Waals surface area contributed by atoms with E-state index in [0.29, 0.717) is 24.1 Å². The fraction of sp³-hybridized carbons (Fsp3) is 0.400. The molecule has 3 aromatic rings. The van der Waals surface area contributed by atoms with Gasteiger partial charge >= 0.3 is 5.97 Å². The number of aliphatic hydroxyl groups excluding tert-OH is 1. The van der Waals surface area contributed by atoms with Gasteiger partial charge in [-0.1, -0.05) is 88.7 Å². The van der Waals surface area contributed by atoms with Gasteiger partial charge in [0.25, 0.3) is 5.91 Å². The number of nitrogens with zero attached hydrogens (tertiary/aromatic N) is 3. The lowest BCUT2D eigenvalue weighted by Crippen LogP contribution is -2.57. The molecule has 2 bridgehead atoms. The normalized spacial score (nSPS) is 26.0. The first kappa shape index (κ1) is 36.5. The molecule has 0 aliphatic carbocycles. The van der Waals surface area contributed by atoms with Crippen LogP contribution in [0.4, 0.5) is 5.69 Å². The van der Waals surface area contributed by atoms with Gasteiger partial charge in [-0.2, -0.15) is 0 Å². The zero-order valence-corrected chi connectivity index (χ0v) is 30.5. The average molecular weight is 759 g/mol. The second kappa shape index (κ2) is 15.1. The summed E-state index contributed by atoms with van der Waals surface area (Å²) in [6.07, 6.45) is 2.79. The van der Waals surface area contributed by atoms with Crippen molar-refractivity contribution in [2.24, 2.45) is 11.8 Å². The maximum absolute atomic E-state index is 14.8. The van der Waals surface area contributed by atoms with E-state index in [1.165, 1.54) is 4.90 Å². The highest BCUT2D eigenvalue weighted by Crippen LogP contribution is 2.60. The van der Waals surface area contributed by atoms with Crippen molar-refractivity contribution in [2.75, 3.05) is 31.6 Å². The van der Waals surface area contributed by atoms with Crippen LogP contribution in [-0.2, 0) is 28.7 Å². The molecule has 6 rings (SSSR count). The highest BCUT2D eigenvalue weighted by molar-refractivity contribution is 9.09. The standard InChI is InChI=1S/C40H44BrN3O7/c1-5-7-17-31(46)42(4)25(3)34(27-14-9-8-10-15-27)50-39(49)32-33-37(47)44(21-22-45)36(40(33)24-30(41)35(32)51-40)38(48)43(20-6-2)29-19-18-26-13-11-12-16-28(26)23-29/h5-6,8-16,18-19,23,25,30,32-36,45H,1-2,7,17,20-22,24H2,3-4H3/t25-,30?,32-,33+,34+,35-,36-,40+/m1/s1. The van der Waals surface area contributed by atoms with Crippen LogP contribution in [0.1, 0.15) is 37.9 Å². The van der Waals surface area contributed by atoms with Gasteiger partial charge in [0.2, 0.25) is 11.8 Å². The summed E-state index contributed by atoms with van der Waals surface area (Å²) in [5.41, 5.74) is -0.0350. The maximum atomic E-state index is 14.8. The van der Waals surface area contributed by atoms with Crippen molar-refractivity contribution < 1.29 is 33.8 Å². The van der Waals surface area contributed by atoms with Gasteiger partial charge in [-0.25, -0.2) is 0 Å². The number of carbonyl (C=O) groups excluding carboxylic acids is 4. The highest BCUT2D eigenvalue weighted by Gasteiger charge is 2.77. The van der Waals surface area contributed by atoms with Gasteiger partial charge < -0.3 is 29.3 Å². The first-order valence-corrected chi connectivity index (χ1v) is 18.3. The number of halogens is 1. The summed E-state index contributed by atoms with van der Waals surface area (Å²) in [7, 11) is 1.68. The number of ether oxygens (including phenoxy) is 2. The molecule has 268 valence electrons. The van der Waals surface area contributed by atoms with E-state index in [0.717, 1.165) is 10.8 Å². The van der Waals surface area contributed by atoms with Crippen LogP contribution in [0.2, 0.25) is 0 Å². The Kier molecular flexibility index (Phi) is 10.8. The number of anilines is 1. The van der Waals surface area contributed by atoms with Crippen LogP contribution in [0, 0.1) is 11.8 Å². The fourth-order valence-electron chi connectivity index (χ4n) is 8.09. The van der Waals surface area contributed by atoms with E-state index in [-0.39, 0.29) is 42.8 Å². The molecule has 8 atom stereocenters. The van der Waals surface area contributed by atoms with Gasteiger partial charge in [0.05, 0.1) is 30.6 Å². The SMILES string of the molecule is C=CCCC(=O)N(C)[C@H](C)[C@H](OC(=O)[C@H]1[C@@H]2O[C@@]3(CC2Br)[C@@H]1C(=O)N(CCO)[C@@H]3C(=O)N(CC=C)c1ccc2ccccc2c1)c1ccccc1. The number of allylic oxidation sites excluding steroid dienone is 1. The van der Waals surface area contributed by atoms with Crippen molar-refractivity contribution >= 4 is 56.1 Å². The van der Waals surface area contributed by atoms with Crippen molar-refractivity contribution in [1.82, 2.24) is 9.80 Å². The van der Waals surface area contributed by atoms with Gasteiger partial charge in [0.1, 0.15) is 17.7 Å². The van der Waals surface area contributed by atoms with Crippen LogP contribution in [0.5, 0.6) is 0 Å². The third-order valence-electron chi connectivity index (χ3n) is 10.6. The Morgan fingerprint density at radius 2 is 1.78 bits per heavy atom. The number of esters is 1. The molecule has 3 fully saturated rings. The number of likely N-dealkylation sites (tertiary alicyclic amines) is 1. The van der Waals surface area contributed by atoms with Gasteiger partial charge in [-0.3, -0.25) is 19.2 Å². The molecule has 3 saturated heterocycles. The molecule has 11 heteroatoms. The topological polar surface area (TPSA) is 117 Å². The minimum absolute atomic E-state index is 0.114. The molecule has 3 aromatic carbocycles. The number of fused-ring (bicyclic) bond motifs is 2. The predicted molar refractivity (Wildman–Crippen MR) is 198 cm³/mol. The summed E-state index contributed by atoms with van der Waals surface area (Å²) < 4.78 is 13.0. The van der Waals surface area contributed by atoms with Crippen LogP contribution in [0.3, 0.4) is 0 Å². The van der Waals surface area contributed by atoms with Gasteiger partial charge in [0.15, 0.2) is 0 Å². The third kappa shape index (κ3) is 6.51. The molecular weight excluding hydrogens is 714 g/mol. The molecular formula is C40H44BrN3O7. The summed E-state index contributed by atoms with van der Waals surface area (Å²) >= 11 is 3.72. The molecule has 3 amide bonds. The predicted octanol–water partition coefficient (Wildman–Crippen LogP) is 5.20. The van der Waals surface area contributed by atoms with E-state index in [1.54, 1.807) is 29.0 Å². The number of aliphatic hydroxyl groups is 1. The lowest BCUT2D eigenvalue weighted by molar-refractivity contribution is -0.164. The van der Waals surface area contributed by atoms with Crippen LogP contribution < -0.4 is 4.90 Å². The second-order valence-electron chi connectivity index (χ2n) is 13.5. The van der Waals surface area contributed by atoms with E-state index in [9.17, 15) is 24.3 Å². The molecule has 1 unspecified atom stereocenters. The smallest absolute Gasteiger partial charge is 0.313 e. The molecule has 51 heavy (non-hydrogen) atoms. The molecule has 1 spiro atoms. The number of β-amino-alcohol motifs (C(OH)–C–C–N with tert-alkyl or cyclic N) is 1. The molecule has 3 aliphatic rings. The Labute approximate surface area is 306 Å². The Morgan fingerprint density at radius 3 is 2.47 bits per heavy atom. The minimum atomic E-state index is -1.35. The highest BCUT2D eigenvalue weighted by atomic mass is 79.9. The number of rotatable bonds is 14. The lowest BCUT2D eigenvalue weighted by Gasteiger charge is -2.37. The largest absolute Gasteiger partial charge is 0.455 e. The monoisotopic (exact) mass is 757 g/mol. The Balaban J connectivity index is 1.35. The fourth-order valence-corrected chi connectivity index (χ4v) is 9.04. The van der Waals surface area contributed by atoms with E-state index < -0.39 is 53.6 Å². The van der Waals surface area contributed by atoms with E-state index >= 15 is 0 Å². The number of alkyl halides is 1. The molecule has 3 heterocycles. The maximum Gasteiger partial charge on any atom is 0.313 e. The van der Waals surface area contributed by atoms with Crippen LogP contribution in [0.15, 0.2) is 98.1 Å². The molecule has 0 saturated carbocycles. The molecule has 3 aliphatic heterocycles. The molecule has 0 aromatic heterocycles. The number of amides is 3. The Bertz CT molecular complexity index is 1820.